The lowest BCUT2D eigenvalue weighted by molar-refractivity contribution is 0.616. The molecule has 0 saturated carbocycles. The van der Waals surface area contributed by atoms with Gasteiger partial charge >= 0.3 is 0 Å². The van der Waals surface area contributed by atoms with Crippen molar-refractivity contribution in [3.05, 3.63) is 35.6 Å². The van der Waals surface area contributed by atoms with Gasteiger partial charge in [0.1, 0.15) is 5.82 Å². The van der Waals surface area contributed by atoms with E-state index in [0.29, 0.717) is 0 Å². The minimum absolute atomic E-state index is 0.179. The maximum absolute atomic E-state index is 12.5. The second kappa shape index (κ2) is 6.51. The van der Waals surface area contributed by atoms with Crippen LogP contribution in [0.2, 0.25) is 0 Å². The van der Waals surface area contributed by atoms with Gasteiger partial charge in [0.05, 0.1) is 0 Å². The van der Waals surface area contributed by atoms with Crippen molar-refractivity contribution in [2.75, 3.05) is 19.6 Å². The van der Waals surface area contributed by atoms with Crippen LogP contribution in [0.4, 0.5) is 4.39 Å². The summed E-state index contributed by atoms with van der Waals surface area (Å²) >= 11 is 0. The van der Waals surface area contributed by atoms with E-state index in [4.69, 9.17) is 0 Å². The summed E-state index contributed by atoms with van der Waals surface area (Å²) in [5.74, 6) is -0.179. The van der Waals surface area contributed by atoms with Gasteiger partial charge in [0, 0.05) is 19.6 Å². The monoisotopic (exact) mass is 196 g/mol. The van der Waals surface area contributed by atoms with Gasteiger partial charge in [-0.2, -0.15) is 0 Å². The van der Waals surface area contributed by atoms with E-state index >= 15 is 0 Å². The number of hydrogen-bond donors (Lipinski definition) is 2. The predicted molar refractivity (Wildman–Crippen MR) is 56.7 cm³/mol. The predicted octanol–water partition coefficient (Wildman–Crippen LogP) is 1.52. The molecule has 0 aliphatic heterocycles. The molecule has 0 fully saturated rings. The fourth-order valence-corrected chi connectivity index (χ4v) is 1.19. The third-order valence-electron chi connectivity index (χ3n) is 1.97. The Morgan fingerprint density at radius 2 is 1.71 bits per heavy atom. The van der Waals surface area contributed by atoms with Crippen molar-refractivity contribution in [3.8, 4) is 0 Å². The Hall–Kier alpha value is -0.930. The number of rotatable bonds is 6. The zero-order valence-corrected chi connectivity index (χ0v) is 8.52. The van der Waals surface area contributed by atoms with Crippen LogP contribution in [0, 0.1) is 5.82 Å². The molecule has 2 N–H and O–H groups in total. The number of halogens is 1. The van der Waals surface area contributed by atoms with Crippen molar-refractivity contribution >= 4 is 0 Å². The molecule has 1 rings (SSSR count). The SMILES string of the molecule is CCNCCNCc1ccc(F)cc1. The van der Waals surface area contributed by atoms with Crippen LogP contribution in [0.1, 0.15) is 12.5 Å². The van der Waals surface area contributed by atoms with Crippen molar-refractivity contribution in [1.82, 2.24) is 10.6 Å². The van der Waals surface area contributed by atoms with Crippen LogP contribution in [0.3, 0.4) is 0 Å². The molecule has 0 aliphatic rings. The summed E-state index contributed by atoms with van der Waals surface area (Å²) in [6, 6.07) is 6.58. The minimum Gasteiger partial charge on any atom is -0.316 e. The van der Waals surface area contributed by atoms with Crippen molar-refractivity contribution in [3.63, 3.8) is 0 Å². The number of benzene rings is 1. The van der Waals surface area contributed by atoms with Gasteiger partial charge < -0.3 is 10.6 Å². The van der Waals surface area contributed by atoms with Gasteiger partial charge in [0.15, 0.2) is 0 Å². The highest BCUT2D eigenvalue weighted by molar-refractivity contribution is 5.15. The first-order chi connectivity index (χ1) is 6.83. The summed E-state index contributed by atoms with van der Waals surface area (Å²) in [6.45, 7) is 5.78. The van der Waals surface area contributed by atoms with Crippen LogP contribution in [0.25, 0.3) is 0 Å². The molecule has 2 nitrogen and oxygen atoms in total. The van der Waals surface area contributed by atoms with Gasteiger partial charge in [-0.05, 0) is 24.2 Å². The molecule has 3 heteroatoms. The van der Waals surface area contributed by atoms with Crippen molar-refractivity contribution in [2.24, 2.45) is 0 Å². The molecule has 14 heavy (non-hydrogen) atoms. The highest BCUT2D eigenvalue weighted by Gasteiger charge is 1.92. The Morgan fingerprint density at radius 1 is 1.07 bits per heavy atom. The Bertz CT molecular complexity index is 246. The quantitative estimate of drug-likeness (QED) is 0.674. The maximum atomic E-state index is 12.5. The van der Waals surface area contributed by atoms with E-state index in [1.807, 2.05) is 0 Å². The standard InChI is InChI=1S/C11H17FN2/c1-2-13-7-8-14-9-10-3-5-11(12)6-4-10/h3-6,13-14H,2,7-9H2,1H3. The lowest BCUT2D eigenvalue weighted by atomic mass is 10.2. The Kier molecular flexibility index (Phi) is 5.19. The smallest absolute Gasteiger partial charge is 0.123 e. The summed E-state index contributed by atoms with van der Waals surface area (Å²) in [6.07, 6.45) is 0. The molecule has 0 atom stereocenters. The first-order valence-corrected chi connectivity index (χ1v) is 4.99. The molecule has 0 spiro atoms. The average Bonchev–Trinajstić information content (AvgIpc) is 2.21. The highest BCUT2D eigenvalue weighted by Crippen LogP contribution is 2.01. The molecule has 78 valence electrons. The van der Waals surface area contributed by atoms with E-state index in [1.165, 1.54) is 12.1 Å². The number of hydrogen-bond acceptors (Lipinski definition) is 2. The van der Waals surface area contributed by atoms with Gasteiger partial charge in [-0.25, -0.2) is 4.39 Å². The van der Waals surface area contributed by atoms with Crippen LogP contribution >= 0.6 is 0 Å². The van der Waals surface area contributed by atoms with E-state index in [2.05, 4.69) is 17.6 Å². The van der Waals surface area contributed by atoms with Gasteiger partial charge in [0.25, 0.3) is 0 Å². The molecule has 1 aromatic rings. The van der Waals surface area contributed by atoms with Crippen LogP contribution < -0.4 is 10.6 Å². The largest absolute Gasteiger partial charge is 0.316 e. The number of likely N-dealkylation sites (N-methyl/N-ethyl adjacent to an activating group) is 1. The summed E-state index contributed by atoms with van der Waals surface area (Å²) in [5, 5.41) is 6.49. The molecular formula is C11H17FN2. The topological polar surface area (TPSA) is 24.1 Å². The van der Waals surface area contributed by atoms with Crippen LogP contribution in [-0.4, -0.2) is 19.6 Å². The first-order valence-electron chi connectivity index (χ1n) is 4.99. The zero-order valence-electron chi connectivity index (χ0n) is 8.52. The Balaban J connectivity index is 2.15. The van der Waals surface area contributed by atoms with Gasteiger partial charge in [-0.15, -0.1) is 0 Å². The van der Waals surface area contributed by atoms with Crippen LogP contribution in [0.5, 0.6) is 0 Å². The summed E-state index contributed by atoms with van der Waals surface area (Å²) in [4.78, 5) is 0. The molecule has 0 aromatic heterocycles. The van der Waals surface area contributed by atoms with Crippen molar-refractivity contribution in [1.29, 1.82) is 0 Å². The van der Waals surface area contributed by atoms with Gasteiger partial charge in [-0.1, -0.05) is 19.1 Å². The fraction of sp³-hybridized carbons (Fsp3) is 0.455. The lowest BCUT2D eigenvalue weighted by Gasteiger charge is -2.04. The normalized spacial score (nSPS) is 10.4. The summed E-state index contributed by atoms with van der Waals surface area (Å²) in [5.41, 5.74) is 1.11. The average molecular weight is 196 g/mol. The van der Waals surface area contributed by atoms with E-state index in [0.717, 1.165) is 31.7 Å². The molecule has 0 heterocycles. The van der Waals surface area contributed by atoms with Crippen molar-refractivity contribution < 1.29 is 4.39 Å². The molecule has 0 saturated heterocycles. The Morgan fingerprint density at radius 3 is 2.36 bits per heavy atom. The van der Waals surface area contributed by atoms with E-state index < -0.39 is 0 Å². The third-order valence-corrected chi connectivity index (χ3v) is 1.97. The van der Waals surface area contributed by atoms with Crippen LogP contribution in [-0.2, 0) is 6.54 Å². The second-order valence-electron chi connectivity index (χ2n) is 3.16. The third kappa shape index (κ3) is 4.35. The first kappa shape index (κ1) is 11.1. The van der Waals surface area contributed by atoms with Gasteiger partial charge in [0.2, 0.25) is 0 Å². The van der Waals surface area contributed by atoms with Crippen molar-refractivity contribution in [2.45, 2.75) is 13.5 Å². The number of nitrogens with one attached hydrogen (secondary N) is 2. The molecule has 0 bridgehead atoms. The molecule has 0 unspecified atom stereocenters. The molecule has 0 radical (unpaired) electrons. The second-order valence-corrected chi connectivity index (χ2v) is 3.16. The summed E-state index contributed by atoms with van der Waals surface area (Å²) in [7, 11) is 0. The lowest BCUT2D eigenvalue weighted by Crippen LogP contribution is -2.26. The molecular weight excluding hydrogens is 179 g/mol. The van der Waals surface area contributed by atoms with E-state index in [1.54, 1.807) is 12.1 Å². The van der Waals surface area contributed by atoms with Crippen LogP contribution in [0.15, 0.2) is 24.3 Å². The maximum Gasteiger partial charge on any atom is 0.123 e. The van der Waals surface area contributed by atoms with E-state index in [9.17, 15) is 4.39 Å². The van der Waals surface area contributed by atoms with E-state index in [-0.39, 0.29) is 5.82 Å². The van der Waals surface area contributed by atoms with Gasteiger partial charge in [-0.3, -0.25) is 0 Å². The minimum atomic E-state index is -0.179. The zero-order chi connectivity index (χ0) is 10.2. The Labute approximate surface area is 84.5 Å². The highest BCUT2D eigenvalue weighted by atomic mass is 19.1. The fourth-order valence-electron chi connectivity index (χ4n) is 1.19. The molecule has 1 aromatic carbocycles. The molecule has 0 amide bonds. The molecule has 0 aliphatic carbocycles. The summed E-state index contributed by atoms with van der Waals surface area (Å²) < 4.78 is 12.5.